The van der Waals surface area contributed by atoms with E-state index in [1.165, 1.54) is 0 Å². The fraction of sp³-hybridized carbons (Fsp3) is 0.455. The quantitative estimate of drug-likeness (QED) is 0.867. The topological polar surface area (TPSA) is 44.5 Å². The summed E-state index contributed by atoms with van der Waals surface area (Å²) in [6.45, 7) is 3.82. The molecule has 0 atom stereocenters. The van der Waals surface area contributed by atoms with Crippen molar-refractivity contribution in [3.63, 3.8) is 0 Å². The highest BCUT2D eigenvalue weighted by molar-refractivity contribution is 6.33. The van der Waals surface area contributed by atoms with E-state index in [0.29, 0.717) is 16.5 Å². The van der Waals surface area contributed by atoms with Gasteiger partial charge in [-0.15, -0.1) is 0 Å². The predicted octanol–water partition coefficient (Wildman–Crippen LogP) is 2.55. The van der Waals surface area contributed by atoms with Crippen LogP contribution in [0.25, 0.3) is 0 Å². The molecule has 3 nitrogen and oxygen atoms in total. The van der Waals surface area contributed by atoms with Crippen LogP contribution in [0.5, 0.6) is 11.5 Å². The summed E-state index contributed by atoms with van der Waals surface area (Å²) in [4.78, 5) is 0. The Bertz CT molecular complexity index is 333. The van der Waals surface area contributed by atoms with E-state index in [-0.39, 0.29) is 0 Å². The zero-order valence-corrected chi connectivity index (χ0v) is 10.2. The number of ether oxygens (including phenoxy) is 2. The lowest BCUT2D eigenvalue weighted by atomic mass is 9.95. The zero-order chi connectivity index (χ0) is 11.6. The summed E-state index contributed by atoms with van der Waals surface area (Å²) in [5.74, 6) is 1.15. The zero-order valence-electron chi connectivity index (χ0n) is 9.43. The number of hydrogen-bond acceptors (Lipinski definition) is 3. The van der Waals surface area contributed by atoms with E-state index in [9.17, 15) is 0 Å². The molecule has 0 unspecified atom stereocenters. The lowest BCUT2D eigenvalue weighted by molar-refractivity contribution is 0.390. The second kappa shape index (κ2) is 4.29. The van der Waals surface area contributed by atoms with Gasteiger partial charge in [0.15, 0.2) is 0 Å². The first-order chi connectivity index (χ1) is 6.90. The standard InChI is InChI=1S/C11H16ClNO2/c1-11(2,13)7-5-8(14-3)10(12)9(6-7)15-4/h5-6H,13H2,1-4H3. The summed E-state index contributed by atoms with van der Waals surface area (Å²) >= 11 is 6.04. The van der Waals surface area contributed by atoms with E-state index in [2.05, 4.69) is 0 Å². The molecule has 0 aliphatic heterocycles. The third-order valence-electron chi connectivity index (χ3n) is 2.19. The van der Waals surface area contributed by atoms with Gasteiger partial charge in [-0.3, -0.25) is 0 Å². The first-order valence-electron chi connectivity index (χ1n) is 4.61. The van der Waals surface area contributed by atoms with Crippen LogP contribution >= 0.6 is 11.6 Å². The average Bonchev–Trinajstić information content (AvgIpc) is 2.16. The van der Waals surface area contributed by atoms with Gasteiger partial charge in [0.2, 0.25) is 0 Å². The van der Waals surface area contributed by atoms with Gasteiger partial charge < -0.3 is 15.2 Å². The van der Waals surface area contributed by atoms with E-state index in [1.807, 2.05) is 26.0 Å². The van der Waals surface area contributed by atoms with Crippen LogP contribution < -0.4 is 15.2 Å². The Kier molecular flexibility index (Phi) is 3.47. The summed E-state index contributed by atoms with van der Waals surface area (Å²) in [6.07, 6.45) is 0. The van der Waals surface area contributed by atoms with E-state index in [4.69, 9.17) is 26.8 Å². The third kappa shape index (κ3) is 2.55. The van der Waals surface area contributed by atoms with Crippen LogP contribution in [0.15, 0.2) is 12.1 Å². The van der Waals surface area contributed by atoms with Crippen LogP contribution in [-0.2, 0) is 5.54 Å². The van der Waals surface area contributed by atoms with Crippen molar-refractivity contribution in [3.8, 4) is 11.5 Å². The molecule has 4 heteroatoms. The number of rotatable bonds is 3. The van der Waals surface area contributed by atoms with Crippen LogP contribution in [0.3, 0.4) is 0 Å². The van der Waals surface area contributed by atoms with Gasteiger partial charge >= 0.3 is 0 Å². The maximum Gasteiger partial charge on any atom is 0.141 e. The molecule has 84 valence electrons. The molecule has 15 heavy (non-hydrogen) atoms. The summed E-state index contributed by atoms with van der Waals surface area (Å²) < 4.78 is 10.3. The number of benzene rings is 1. The van der Waals surface area contributed by atoms with Gasteiger partial charge in [-0.05, 0) is 31.5 Å². The lowest BCUT2D eigenvalue weighted by Crippen LogP contribution is -2.28. The van der Waals surface area contributed by atoms with Crippen molar-refractivity contribution in [1.82, 2.24) is 0 Å². The Morgan fingerprint density at radius 3 is 1.80 bits per heavy atom. The second-order valence-corrected chi connectivity index (χ2v) is 4.29. The first-order valence-corrected chi connectivity index (χ1v) is 4.99. The van der Waals surface area contributed by atoms with E-state index >= 15 is 0 Å². The Balaban J connectivity index is 3.33. The van der Waals surface area contributed by atoms with Gasteiger partial charge in [0.05, 0.1) is 14.2 Å². The molecule has 1 aromatic rings. The van der Waals surface area contributed by atoms with Crippen LogP contribution in [-0.4, -0.2) is 14.2 Å². The molecule has 0 heterocycles. The van der Waals surface area contributed by atoms with Crippen LogP contribution in [0, 0.1) is 0 Å². The summed E-state index contributed by atoms with van der Waals surface area (Å²) in [7, 11) is 3.13. The van der Waals surface area contributed by atoms with Gasteiger partial charge in [0.25, 0.3) is 0 Å². The monoisotopic (exact) mass is 229 g/mol. The Labute approximate surface area is 95.1 Å². The van der Waals surface area contributed by atoms with Crippen LogP contribution in [0.1, 0.15) is 19.4 Å². The summed E-state index contributed by atoms with van der Waals surface area (Å²) in [6, 6.07) is 3.65. The molecule has 0 aliphatic carbocycles. The molecular formula is C11H16ClNO2. The van der Waals surface area contributed by atoms with Crippen molar-refractivity contribution >= 4 is 11.6 Å². The minimum atomic E-state index is -0.453. The van der Waals surface area contributed by atoms with Crippen molar-refractivity contribution < 1.29 is 9.47 Å². The average molecular weight is 230 g/mol. The molecule has 0 fully saturated rings. The summed E-state index contributed by atoms with van der Waals surface area (Å²) in [5.41, 5.74) is 6.46. The Hall–Kier alpha value is -0.930. The molecule has 0 aromatic heterocycles. The van der Waals surface area contributed by atoms with Crippen molar-refractivity contribution in [2.24, 2.45) is 5.73 Å². The molecule has 0 saturated heterocycles. The van der Waals surface area contributed by atoms with Crippen molar-refractivity contribution in [1.29, 1.82) is 0 Å². The Morgan fingerprint density at radius 1 is 1.13 bits per heavy atom. The first kappa shape index (κ1) is 12.1. The Morgan fingerprint density at radius 2 is 1.53 bits per heavy atom. The molecule has 0 saturated carbocycles. The van der Waals surface area contributed by atoms with Crippen molar-refractivity contribution in [2.75, 3.05) is 14.2 Å². The maximum absolute atomic E-state index is 6.04. The molecule has 0 radical (unpaired) electrons. The molecule has 0 bridgehead atoms. The number of nitrogens with two attached hydrogens (primary N) is 1. The molecule has 1 aromatic carbocycles. The van der Waals surface area contributed by atoms with Crippen molar-refractivity contribution in [2.45, 2.75) is 19.4 Å². The third-order valence-corrected chi connectivity index (χ3v) is 2.56. The molecular weight excluding hydrogens is 214 g/mol. The highest BCUT2D eigenvalue weighted by Gasteiger charge is 2.19. The predicted molar refractivity (Wildman–Crippen MR) is 61.8 cm³/mol. The molecule has 1 rings (SSSR count). The normalized spacial score (nSPS) is 11.3. The van der Waals surface area contributed by atoms with Gasteiger partial charge in [0, 0.05) is 5.54 Å². The van der Waals surface area contributed by atoms with E-state index in [1.54, 1.807) is 14.2 Å². The van der Waals surface area contributed by atoms with Gasteiger partial charge in [-0.1, -0.05) is 11.6 Å². The van der Waals surface area contributed by atoms with E-state index in [0.717, 1.165) is 5.56 Å². The smallest absolute Gasteiger partial charge is 0.141 e. The number of halogens is 1. The number of hydrogen-bond donors (Lipinski definition) is 1. The summed E-state index contributed by atoms with van der Waals surface area (Å²) in [5, 5.41) is 0.466. The molecule has 2 N–H and O–H groups in total. The SMILES string of the molecule is COc1cc(C(C)(C)N)cc(OC)c1Cl. The minimum absolute atomic E-state index is 0.453. The molecule has 0 spiro atoms. The fourth-order valence-electron chi connectivity index (χ4n) is 1.24. The van der Waals surface area contributed by atoms with Crippen LogP contribution in [0.4, 0.5) is 0 Å². The highest BCUT2D eigenvalue weighted by Crippen LogP contribution is 2.37. The van der Waals surface area contributed by atoms with Gasteiger partial charge in [-0.25, -0.2) is 0 Å². The van der Waals surface area contributed by atoms with Crippen molar-refractivity contribution in [3.05, 3.63) is 22.7 Å². The van der Waals surface area contributed by atoms with Gasteiger partial charge in [-0.2, -0.15) is 0 Å². The molecule has 0 amide bonds. The van der Waals surface area contributed by atoms with Gasteiger partial charge in [0.1, 0.15) is 16.5 Å². The fourth-order valence-corrected chi connectivity index (χ4v) is 1.50. The second-order valence-electron chi connectivity index (χ2n) is 3.92. The lowest BCUT2D eigenvalue weighted by Gasteiger charge is -2.21. The van der Waals surface area contributed by atoms with E-state index < -0.39 is 5.54 Å². The highest BCUT2D eigenvalue weighted by atomic mass is 35.5. The van der Waals surface area contributed by atoms with Crippen LogP contribution in [0.2, 0.25) is 5.02 Å². The number of methoxy groups -OCH3 is 2. The minimum Gasteiger partial charge on any atom is -0.495 e. The maximum atomic E-state index is 6.04. The largest absolute Gasteiger partial charge is 0.495 e. The molecule has 0 aliphatic rings.